The third-order valence-electron chi connectivity index (χ3n) is 1.40. The van der Waals surface area contributed by atoms with Gasteiger partial charge in [-0.3, -0.25) is 4.98 Å². The average molecular weight is 230 g/mol. The quantitative estimate of drug-likeness (QED) is 0.330. The van der Waals surface area contributed by atoms with E-state index >= 15 is 0 Å². The molecule has 4 nitrogen and oxygen atoms in total. The summed E-state index contributed by atoms with van der Waals surface area (Å²) in [5.74, 6) is 0.0278. The van der Waals surface area contributed by atoms with Gasteiger partial charge in [-0.15, -0.1) is 0 Å². The molecule has 0 saturated carbocycles. The Morgan fingerprint density at radius 2 is 2.42 bits per heavy atom. The fourth-order valence-electron chi connectivity index (χ4n) is 0.856. The van der Waals surface area contributed by atoms with Crippen molar-refractivity contribution in [2.75, 3.05) is 0 Å². The van der Waals surface area contributed by atoms with Crippen LogP contribution in [0.15, 0.2) is 21.9 Å². The summed E-state index contributed by atoms with van der Waals surface area (Å²) in [7, 11) is 0. The highest BCUT2D eigenvalue weighted by Crippen LogP contribution is 2.12. The average Bonchev–Trinajstić information content (AvgIpc) is 2.03. The zero-order chi connectivity index (χ0) is 9.14. The van der Waals surface area contributed by atoms with Crippen LogP contribution in [-0.4, -0.2) is 16.0 Å². The lowest BCUT2D eigenvalue weighted by atomic mass is 10.2. The Kier molecular flexibility index (Phi) is 2.65. The molecule has 5 heteroatoms. The number of amidine groups is 1. The van der Waals surface area contributed by atoms with Gasteiger partial charge in [0.25, 0.3) is 0 Å². The molecular formula is C7H8BrN3O. The normalized spacial score (nSPS) is 11.7. The summed E-state index contributed by atoms with van der Waals surface area (Å²) in [6, 6.07) is 1.85. The minimum atomic E-state index is 0.0278. The summed E-state index contributed by atoms with van der Waals surface area (Å²) in [4.78, 5) is 3.99. The van der Waals surface area contributed by atoms with Crippen molar-refractivity contribution in [3.63, 3.8) is 0 Å². The topological polar surface area (TPSA) is 71.5 Å². The van der Waals surface area contributed by atoms with Crippen LogP contribution >= 0.6 is 15.9 Å². The minimum absolute atomic E-state index is 0.0278. The molecule has 0 atom stereocenters. The third kappa shape index (κ3) is 1.73. The van der Waals surface area contributed by atoms with Crippen molar-refractivity contribution >= 4 is 21.8 Å². The largest absolute Gasteiger partial charge is 0.409 e. The van der Waals surface area contributed by atoms with Gasteiger partial charge in [-0.05, 0) is 34.5 Å². The van der Waals surface area contributed by atoms with Crippen molar-refractivity contribution in [3.8, 4) is 0 Å². The first-order valence-electron chi connectivity index (χ1n) is 3.25. The van der Waals surface area contributed by atoms with Crippen LogP contribution < -0.4 is 5.73 Å². The van der Waals surface area contributed by atoms with E-state index < -0.39 is 0 Å². The molecule has 0 amide bonds. The van der Waals surface area contributed by atoms with Crippen molar-refractivity contribution in [3.05, 3.63) is 28.0 Å². The van der Waals surface area contributed by atoms with Crippen molar-refractivity contribution in [2.45, 2.75) is 6.92 Å². The Hall–Kier alpha value is -1.10. The van der Waals surface area contributed by atoms with Crippen LogP contribution in [0.4, 0.5) is 0 Å². The monoisotopic (exact) mass is 229 g/mol. The molecule has 0 aromatic carbocycles. The van der Waals surface area contributed by atoms with Gasteiger partial charge >= 0.3 is 0 Å². The van der Waals surface area contributed by atoms with Crippen molar-refractivity contribution in [2.24, 2.45) is 10.9 Å². The van der Waals surface area contributed by atoms with E-state index in [2.05, 4.69) is 26.1 Å². The van der Waals surface area contributed by atoms with Crippen molar-refractivity contribution < 1.29 is 5.21 Å². The van der Waals surface area contributed by atoms with E-state index in [0.717, 1.165) is 10.0 Å². The molecular weight excluding hydrogens is 222 g/mol. The number of hydrogen-bond acceptors (Lipinski definition) is 3. The van der Waals surface area contributed by atoms with E-state index in [1.165, 1.54) is 0 Å². The molecule has 1 heterocycles. The first kappa shape index (κ1) is 8.99. The van der Waals surface area contributed by atoms with Gasteiger partial charge < -0.3 is 10.9 Å². The highest BCUT2D eigenvalue weighted by Gasteiger charge is 2.04. The van der Waals surface area contributed by atoms with E-state index in [4.69, 9.17) is 10.9 Å². The molecule has 0 fully saturated rings. The first-order chi connectivity index (χ1) is 5.65. The molecule has 1 aromatic rings. The van der Waals surface area contributed by atoms with Crippen LogP contribution in [0.1, 0.15) is 11.3 Å². The summed E-state index contributed by atoms with van der Waals surface area (Å²) in [6.45, 7) is 1.84. The number of nitrogens with two attached hydrogens (primary N) is 1. The summed E-state index contributed by atoms with van der Waals surface area (Å²) in [5, 5.41) is 11.3. The van der Waals surface area contributed by atoms with Crippen molar-refractivity contribution in [1.29, 1.82) is 0 Å². The third-order valence-corrected chi connectivity index (χ3v) is 1.83. The molecule has 0 radical (unpaired) electrons. The zero-order valence-electron chi connectivity index (χ0n) is 6.45. The maximum Gasteiger partial charge on any atom is 0.189 e. The number of aryl methyl sites for hydroxylation is 1. The summed E-state index contributed by atoms with van der Waals surface area (Å²) in [5.41, 5.74) is 6.73. The van der Waals surface area contributed by atoms with Gasteiger partial charge in [0.2, 0.25) is 0 Å². The van der Waals surface area contributed by atoms with Gasteiger partial charge in [-0.1, -0.05) is 5.16 Å². The second-order valence-corrected chi connectivity index (χ2v) is 3.22. The molecule has 0 aliphatic heterocycles. The lowest BCUT2D eigenvalue weighted by molar-refractivity contribution is 0.318. The van der Waals surface area contributed by atoms with Crippen LogP contribution in [0.25, 0.3) is 0 Å². The van der Waals surface area contributed by atoms with Gasteiger partial charge in [0.1, 0.15) is 5.69 Å². The molecule has 0 spiro atoms. The molecule has 0 unspecified atom stereocenters. The van der Waals surface area contributed by atoms with Crippen molar-refractivity contribution in [1.82, 2.24) is 4.98 Å². The number of rotatable bonds is 1. The Morgan fingerprint density at radius 1 is 1.75 bits per heavy atom. The van der Waals surface area contributed by atoms with Gasteiger partial charge in [-0.2, -0.15) is 0 Å². The lowest BCUT2D eigenvalue weighted by Crippen LogP contribution is -2.16. The van der Waals surface area contributed by atoms with Crippen LogP contribution in [-0.2, 0) is 0 Å². The van der Waals surface area contributed by atoms with Crippen LogP contribution in [0.2, 0.25) is 0 Å². The number of halogens is 1. The van der Waals surface area contributed by atoms with E-state index in [-0.39, 0.29) is 5.84 Å². The number of aromatic nitrogens is 1. The lowest BCUT2D eigenvalue weighted by Gasteiger charge is -2.01. The van der Waals surface area contributed by atoms with E-state index in [0.29, 0.717) is 5.69 Å². The Morgan fingerprint density at radius 3 is 2.92 bits per heavy atom. The molecule has 0 aliphatic carbocycles. The summed E-state index contributed by atoms with van der Waals surface area (Å²) >= 11 is 3.26. The smallest absolute Gasteiger partial charge is 0.189 e. The van der Waals surface area contributed by atoms with Gasteiger partial charge in [0, 0.05) is 10.7 Å². The number of pyridine rings is 1. The summed E-state index contributed by atoms with van der Waals surface area (Å²) in [6.07, 6.45) is 1.60. The molecule has 12 heavy (non-hydrogen) atoms. The number of hydrogen-bond donors (Lipinski definition) is 2. The Bertz CT molecular complexity index is 324. The number of nitrogens with zero attached hydrogens (tertiary/aromatic N) is 2. The van der Waals surface area contributed by atoms with Gasteiger partial charge in [0.15, 0.2) is 5.84 Å². The standard InChI is InChI=1S/C7H8BrN3O/c1-4-2-5(8)3-10-6(4)7(9)11-12/h2-3,12H,1H3,(H2,9,11). The van der Waals surface area contributed by atoms with Crippen LogP contribution in [0, 0.1) is 6.92 Å². The second-order valence-electron chi connectivity index (χ2n) is 2.30. The highest BCUT2D eigenvalue weighted by molar-refractivity contribution is 9.10. The predicted octanol–water partition coefficient (Wildman–Crippen LogP) is 1.25. The van der Waals surface area contributed by atoms with Gasteiger partial charge in [-0.25, -0.2) is 0 Å². The van der Waals surface area contributed by atoms with E-state index in [9.17, 15) is 0 Å². The minimum Gasteiger partial charge on any atom is -0.409 e. The van der Waals surface area contributed by atoms with E-state index in [1.54, 1.807) is 6.20 Å². The molecule has 1 rings (SSSR count). The molecule has 1 aromatic heterocycles. The SMILES string of the molecule is Cc1cc(Br)cnc1/C(N)=N/O. The predicted molar refractivity (Wildman–Crippen MR) is 49.2 cm³/mol. The first-order valence-corrected chi connectivity index (χ1v) is 4.04. The summed E-state index contributed by atoms with van der Waals surface area (Å²) < 4.78 is 0.870. The zero-order valence-corrected chi connectivity index (χ0v) is 8.04. The highest BCUT2D eigenvalue weighted by atomic mass is 79.9. The molecule has 0 aliphatic rings. The number of oxime groups is 1. The van der Waals surface area contributed by atoms with Crippen LogP contribution in [0.5, 0.6) is 0 Å². The Labute approximate surface area is 78.2 Å². The maximum atomic E-state index is 8.39. The fraction of sp³-hybridized carbons (Fsp3) is 0.143. The fourth-order valence-corrected chi connectivity index (χ4v) is 1.30. The molecule has 0 saturated heterocycles. The second kappa shape index (κ2) is 3.53. The van der Waals surface area contributed by atoms with E-state index in [1.807, 2.05) is 13.0 Å². The maximum absolute atomic E-state index is 8.39. The molecule has 0 bridgehead atoms. The Balaban J connectivity index is 3.18. The van der Waals surface area contributed by atoms with Gasteiger partial charge in [0.05, 0.1) is 0 Å². The molecule has 64 valence electrons. The van der Waals surface area contributed by atoms with Crippen LogP contribution in [0.3, 0.4) is 0 Å². The molecule has 3 N–H and O–H groups in total.